The van der Waals surface area contributed by atoms with Gasteiger partial charge in [-0.15, -0.1) is 0 Å². The van der Waals surface area contributed by atoms with E-state index in [2.05, 4.69) is 15.5 Å². The van der Waals surface area contributed by atoms with E-state index in [0.29, 0.717) is 39.4 Å². The maximum atomic E-state index is 13.4. The number of hydrogen-bond donors (Lipinski definition) is 2. The van der Waals surface area contributed by atoms with Crippen LogP contribution in [0, 0.1) is 6.92 Å². The molecular formula is C26H20Cl2N3NaO6S. The van der Waals surface area contributed by atoms with Crippen LogP contribution in [0.4, 0.5) is 17.1 Å². The second-order valence-corrected chi connectivity index (χ2v) is 10.3. The predicted octanol–water partition coefficient (Wildman–Crippen LogP) is 3.85. The van der Waals surface area contributed by atoms with Gasteiger partial charge in [-0.25, -0.2) is 0 Å². The minimum absolute atomic E-state index is 0. The Morgan fingerprint density at radius 1 is 1.05 bits per heavy atom. The molecule has 1 amide bonds. The summed E-state index contributed by atoms with van der Waals surface area (Å²) >= 11 is 12.3. The van der Waals surface area contributed by atoms with Gasteiger partial charge in [-0.1, -0.05) is 53.2 Å². The van der Waals surface area contributed by atoms with Gasteiger partial charge in [-0.05, 0) is 61.2 Å². The summed E-state index contributed by atoms with van der Waals surface area (Å²) in [6, 6.07) is 15.1. The molecule has 0 aliphatic rings. The Labute approximate surface area is 256 Å². The van der Waals surface area contributed by atoms with Crippen LogP contribution < -0.4 is 44.7 Å². The van der Waals surface area contributed by atoms with Gasteiger partial charge in [0.2, 0.25) is 0 Å². The number of halogens is 2. The van der Waals surface area contributed by atoms with Crippen LogP contribution in [0.1, 0.15) is 22.8 Å². The SMILES string of the molecule is CCOc1ccc(NC(=O)c2cc3ccccc3c(N=Nc3cc(S(=O)(=O)O)cc(Cl)c3C)c2[O-])cc1Cl.[Na+]. The molecule has 0 atom stereocenters. The number of nitrogens with one attached hydrogen (secondary N) is 1. The molecule has 0 heterocycles. The summed E-state index contributed by atoms with van der Waals surface area (Å²) in [7, 11) is -4.57. The fourth-order valence-electron chi connectivity index (χ4n) is 3.62. The van der Waals surface area contributed by atoms with E-state index >= 15 is 0 Å². The molecule has 196 valence electrons. The number of amides is 1. The number of benzene rings is 4. The number of carbonyl (C=O) groups excluding carboxylic acids is 1. The number of hydrogen-bond acceptors (Lipinski definition) is 7. The average Bonchev–Trinajstić information content (AvgIpc) is 2.86. The zero-order chi connectivity index (χ0) is 27.6. The maximum absolute atomic E-state index is 13.4. The Kier molecular flexibility index (Phi) is 10.0. The summed E-state index contributed by atoms with van der Waals surface area (Å²) in [6.45, 7) is 3.81. The van der Waals surface area contributed by atoms with Crippen LogP contribution in [0.25, 0.3) is 10.8 Å². The van der Waals surface area contributed by atoms with E-state index in [4.69, 9.17) is 27.9 Å². The first kappa shape index (κ1) is 30.8. The molecule has 4 aromatic rings. The average molecular weight is 596 g/mol. The summed E-state index contributed by atoms with van der Waals surface area (Å²) in [5.41, 5.74) is 0.426. The van der Waals surface area contributed by atoms with Crippen LogP contribution in [0.3, 0.4) is 0 Å². The van der Waals surface area contributed by atoms with Crippen molar-refractivity contribution < 1.29 is 57.2 Å². The normalized spacial score (nSPS) is 11.4. The van der Waals surface area contributed by atoms with Gasteiger partial charge in [-0.3, -0.25) is 9.35 Å². The molecule has 13 heteroatoms. The van der Waals surface area contributed by atoms with Crippen LogP contribution in [-0.4, -0.2) is 25.5 Å². The number of ether oxygens (including phenoxy) is 1. The van der Waals surface area contributed by atoms with Gasteiger partial charge in [0.1, 0.15) is 5.75 Å². The number of rotatable bonds is 7. The molecule has 39 heavy (non-hydrogen) atoms. The molecule has 0 fully saturated rings. The van der Waals surface area contributed by atoms with Gasteiger partial charge in [0, 0.05) is 21.7 Å². The van der Waals surface area contributed by atoms with Crippen LogP contribution in [0.2, 0.25) is 10.0 Å². The van der Waals surface area contributed by atoms with Crippen molar-refractivity contribution in [2.45, 2.75) is 18.7 Å². The summed E-state index contributed by atoms with van der Waals surface area (Å²) in [5, 5.41) is 25.5. The monoisotopic (exact) mass is 595 g/mol. The molecule has 0 saturated heterocycles. The van der Waals surface area contributed by atoms with Gasteiger partial charge in [0.15, 0.2) is 0 Å². The van der Waals surface area contributed by atoms with Crippen molar-refractivity contribution >= 4 is 67.1 Å². The van der Waals surface area contributed by atoms with Crippen molar-refractivity contribution in [1.29, 1.82) is 0 Å². The zero-order valence-electron chi connectivity index (χ0n) is 21.0. The van der Waals surface area contributed by atoms with E-state index in [1.165, 1.54) is 12.1 Å². The van der Waals surface area contributed by atoms with E-state index in [1.54, 1.807) is 43.3 Å². The van der Waals surface area contributed by atoms with Gasteiger partial charge < -0.3 is 15.2 Å². The first-order chi connectivity index (χ1) is 18.0. The number of anilines is 1. The van der Waals surface area contributed by atoms with Crippen molar-refractivity contribution in [2.24, 2.45) is 10.2 Å². The Morgan fingerprint density at radius 3 is 2.44 bits per heavy atom. The molecule has 2 N–H and O–H groups in total. The number of fused-ring (bicyclic) bond motifs is 1. The molecule has 4 rings (SSSR count). The largest absolute Gasteiger partial charge is 1.00 e. The Balaban J connectivity index is 0.00000420. The molecule has 0 aliphatic carbocycles. The van der Waals surface area contributed by atoms with Crippen LogP contribution in [0.5, 0.6) is 11.5 Å². The molecule has 0 aromatic heterocycles. The number of nitrogens with zero attached hydrogens (tertiary/aromatic N) is 2. The minimum Gasteiger partial charge on any atom is -0.870 e. The third-order valence-corrected chi connectivity index (χ3v) is 7.08. The first-order valence-corrected chi connectivity index (χ1v) is 13.3. The van der Waals surface area contributed by atoms with Crippen LogP contribution >= 0.6 is 23.2 Å². The van der Waals surface area contributed by atoms with E-state index in [9.17, 15) is 22.9 Å². The van der Waals surface area contributed by atoms with Crippen molar-refractivity contribution in [1.82, 2.24) is 0 Å². The summed E-state index contributed by atoms with van der Waals surface area (Å²) in [5.74, 6) is -0.930. The van der Waals surface area contributed by atoms with Gasteiger partial charge in [0.25, 0.3) is 16.0 Å². The van der Waals surface area contributed by atoms with E-state index in [1.807, 2.05) is 6.92 Å². The summed E-state index contributed by atoms with van der Waals surface area (Å²) in [6.07, 6.45) is 0. The van der Waals surface area contributed by atoms with Crippen molar-refractivity contribution in [3.8, 4) is 11.5 Å². The standard InChI is InChI=1S/C26H21Cl2N3O6S.Na/c1-3-37-23-9-8-16(11-21(23)28)29-26(33)19-10-15-6-4-5-7-18(15)24(25(19)32)31-30-22-13-17(38(34,35)36)12-20(27)14(22)2;/h4-13,32H,3H2,1-2H3,(H,29,33)(H,34,35,36);/q;+1/p-1. The summed E-state index contributed by atoms with van der Waals surface area (Å²) in [4.78, 5) is 12.6. The van der Waals surface area contributed by atoms with Crippen molar-refractivity contribution in [3.05, 3.63) is 81.8 Å². The molecule has 0 spiro atoms. The van der Waals surface area contributed by atoms with Gasteiger partial charge in [0.05, 0.1) is 27.9 Å². The predicted molar refractivity (Wildman–Crippen MR) is 144 cm³/mol. The fraction of sp³-hybridized carbons (Fsp3) is 0.115. The van der Waals surface area contributed by atoms with E-state index in [-0.39, 0.29) is 51.5 Å². The zero-order valence-corrected chi connectivity index (χ0v) is 25.4. The number of carbonyl (C=O) groups is 1. The van der Waals surface area contributed by atoms with Crippen molar-refractivity contribution in [2.75, 3.05) is 11.9 Å². The summed E-state index contributed by atoms with van der Waals surface area (Å²) < 4.78 is 38.0. The molecule has 9 nitrogen and oxygen atoms in total. The second kappa shape index (κ2) is 12.6. The van der Waals surface area contributed by atoms with Crippen molar-refractivity contribution in [3.63, 3.8) is 0 Å². The Morgan fingerprint density at radius 2 is 1.77 bits per heavy atom. The topological polar surface area (TPSA) is 140 Å². The molecular weight excluding hydrogens is 576 g/mol. The Hall–Kier alpha value is -2.70. The molecule has 0 aliphatic heterocycles. The first-order valence-electron chi connectivity index (χ1n) is 11.2. The Bertz CT molecular complexity index is 1710. The van der Waals surface area contributed by atoms with Gasteiger partial charge >= 0.3 is 29.6 Å². The molecule has 4 aromatic carbocycles. The number of azo groups is 1. The molecule has 0 saturated carbocycles. The van der Waals surface area contributed by atoms with Crippen LogP contribution in [0.15, 0.2) is 75.8 Å². The molecule has 0 bridgehead atoms. The molecule has 0 unspecified atom stereocenters. The van der Waals surface area contributed by atoms with E-state index < -0.39 is 26.7 Å². The third kappa shape index (κ3) is 6.90. The fourth-order valence-corrected chi connectivity index (χ4v) is 4.67. The maximum Gasteiger partial charge on any atom is 1.00 e. The second-order valence-electron chi connectivity index (χ2n) is 8.08. The van der Waals surface area contributed by atoms with E-state index in [0.717, 1.165) is 12.1 Å². The third-order valence-electron chi connectivity index (χ3n) is 5.56. The quantitative estimate of drug-likeness (QED) is 0.189. The molecule has 0 radical (unpaired) electrons. The smallest absolute Gasteiger partial charge is 0.870 e. The van der Waals surface area contributed by atoms with Crippen LogP contribution in [-0.2, 0) is 10.1 Å². The van der Waals surface area contributed by atoms with Gasteiger partial charge in [-0.2, -0.15) is 18.6 Å². The minimum atomic E-state index is -4.57.